The van der Waals surface area contributed by atoms with E-state index in [0.717, 1.165) is 25.1 Å². The van der Waals surface area contributed by atoms with Gasteiger partial charge in [0.1, 0.15) is 12.0 Å². The second kappa shape index (κ2) is 5.86. The highest BCUT2D eigenvalue weighted by atomic mass is 16.2. The summed E-state index contributed by atoms with van der Waals surface area (Å²) in [5.41, 5.74) is 6.91. The number of likely N-dealkylation sites (tertiary alicyclic amines) is 1. The average Bonchev–Trinajstić information content (AvgIpc) is 3.15. The molecule has 0 radical (unpaired) electrons. The highest BCUT2D eigenvalue weighted by Crippen LogP contribution is 2.22. The highest BCUT2D eigenvalue weighted by molar-refractivity contribution is 5.93. The van der Waals surface area contributed by atoms with Gasteiger partial charge in [-0.2, -0.15) is 0 Å². The molecule has 2 N–H and O–H groups in total. The number of carbonyl (C=O) groups is 2. The first kappa shape index (κ1) is 15.3. The summed E-state index contributed by atoms with van der Waals surface area (Å²) in [6, 6.07) is 3.79. The van der Waals surface area contributed by atoms with E-state index in [1.54, 1.807) is 4.68 Å². The van der Waals surface area contributed by atoms with Gasteiger partial charge in [-0.05, 0) is 31.9 Å². The van der Waals surface area contributed by atoms with Crippen molar-refractivity contribution in [3.05, 3.63) is 35.7 Å². The van der Waals surface area contributed by atoms with Crippen LogP contribution in [-0.4, -0.2) is 49.1 Å². The molecule has 1 aliphatic rings. The topological polar surface area (TPSA) is 99.0 Å². The molecule has 0 bridgehead atoms. The van der Waals surface area contributed by atoms with Gasteiger partial charge < -0.3 is 15.2 Å². The van der Waals surface area contributed by atoms with Crippen LogP contribution >= 0.6 is 0 Å². The van der Waals surface area contributed by atoms with Crippen molar-refractivity contribution in [2.45, 2.75) is 25.8 Å². The summed E-state index contributed by atoms with van der Waals surface area (Å²) < 4.78 is 3.53. The van der Waals surface area contributed by atoms with E-state index in [1.165, 1.54) is 6.33 Å². The number of amides is 2. The van der Waals surface area contributed by atoms with E-state index < -0.39 is 5.91 Å². The quantitative estimate of drug-likeness (QED) is 0.891. The molecule has 23 heavy (non-hydrogen) atoms. The van der Waals surface area contributed by atoms with Gasteiger partial charge in [0.05, 0.1) is 6.04 Å². The molecule has 0 saturated carbocycles. The van der Waals surface area contributed by atoms with Gasteiger partial charge in [-0.1, -0.05) is 0 Å². The predicted octanol–water partition coefficient (Wildman–Crippen LogP) is 0.501. The number of hydrogen-bond donors (Lipinski definition) is 1. The van der Waals surface area contributed by atoms with Crippen molar-refractivity contribution < 1.29 is 9.59 Å². The molecule has 0 aromatic carbocycles. The number of hydrogen-bond acceptors (Lipinski definition) is 4. The third-order valence-corrected chi connectivity index (χ3v) is 4.38. The maximum atomic E-state index is 12.7. The van der Waals surface area contributed by atoms with Gasteiger partial charge in [-0.3, -0.25) is 9.59 Å². The van der Waals surface area contributed by atoms with Gasteiger partial charge in [0.25, 0.3) is 11.8 Å². The van der Waals surface area contributed by atoms with E-state index in [4.69, 9.17) is 5.73 Å². The molecule has 8 heteroatoms. The number of nitrogens with zero attached hydrogens (tertiary/aromatic N) is 5. The van der Waals surface area contributed by atoms with Crippen LogP contribution < -0.4 is 5.73 Å². The molecule has 2 amide bonds. The number of aromatic nitrogens is 4. The molecule has 1 unspecified atom stereocenters. The van der Waals surface area contributed by atoms with Crippen LogP contribution in [0.3, 0.4) is 0 Å². The predicted molar refractivity (Wildman–Crippen MR) is 82.9 cm³/mol. The number of aryl methyl sites for hydroxylation is 1. The van der Waals surface area contributed by atoms with Gasteiger partial charge in [0.15, 0.2) is 0 Å². The summed E-state index contributed by atoms with van der Waals surface area (Å²) in [5, 5.41) is 4.11. The molecule has 2 aromatic heterocycles. The Labute approximate surface area is 133 Å². The second-order valence-corrected chi connectivity index (χ2v) is 5.88. The standard InChI is InChI=1S/C15H20N6O2/c1-10-5-6-12(19(10)2)15(23)20-7-3-4-11(8-20)21-9-17-14(18-21)13(16)22/h5-6,9,11H,3-4,7-8H2,1-2H3,(H2,16,22). The van der Waals surface area contributed by atoms with E-state index in [1.807, 2.05) is 35.6 Å². The summed E-state index contributed by atoms with van der Waals surface area (Å²) in [6.07, 6.45) is 3.27. The van der Waals surface area contributed by atoms with Gasteiger partial charge in [0.2, 0.25) is 5.82 Å². The summed E-state index contributed by atoms with van der Waals surface area (Å²) >= 11 is 0. The smallest absolute Gasteiger partial charge is 0.288 e. The fraction of sp³-hybridized carbons (Fsp3) is 0.467. The first-order valence-corrected chi connectivity index (χ1v) is 7.60. The van der Waals surface area contributed by atoms with Gasteiger partial charge in [-0.15, -0.1) is 5.10 Å². The summed E-state index contributed by atoms with van der Waals surface area (Å²) in [7, 11) is 1.89. The minimum Gasteiger partial charge on any atom is -0.363 e. The van der Waals surface area contributed by atoms with Crippen LogP contribution in [0.5, 0.6) is 0 Å². The maximum absolute atomic E-state index is 12.7. The normalized spacial score (nSPS) is 18.2. The Morgan fingerprint density at radius 3 is 2.74 bits per heavy atom. The number of carbonyl (C=O) groups excluding carboxylic acids is 2. The minimum atomic E-state index is -0.647. The lowest BCUT2D eigenvalue weighted by molar-refractivity contribution is 0.0662. The first-order chi connectivity index (χ1) is 11.0. The third-order valence-electron chi connectivity index (χ3n) is 4.38. The fourth-order valence-electron chi connectivity index (χ4n) is 2.91. The van der Waals surface area contributed by atoms with Crippen LogP contribution in [0.1, 0.15) is 45.7 Å². The van der Waals surface area contributed by atoms with Gasteiger partial charge >= 0.3 is 0 Å². The number of piperidine rings is 1. The van der Waals surface area contributed by atoms with E-state index in [9.17, 15) is 9.59 Å². The number of nitrogens with two attached hydrogens (primary N) is 1. The SMILES string of the molecule is Cc1ccc(C(=O)N2CCCC(n3cnc(C(N)=O)n3)C2)n1C. The van der Waals surface area contributed by atoms with Crippen molar-refractivity contribution in [3.8, 4) is 0 Å². The third kappa shape index (κ3) is 2.84. The minimum absolute atomic E-state index is 0.00603. The number of rotatable bonds is 3. The molecular formula is C15H20N6O2. The molecule has 1 aliphatic heterocycles. The molecule has 0 aliphatic carbocycles. The van der Waals surface area contributed by atoms with Crippen molar-refractivity contribution in [1.29, 1.82) is 0 Å². The Hall–Kier alpha value is -2.64. The zero-order chi connectivity index (χ0) is 16.6. The number of primary amides is 1. The van der Waals surface area contributed by atoms with Crippen LogP contribution in [0.15, 0.2) is 18.5 Å². The molecule has 1 atom stereocenters. The van der Waals surface area contributed by atoms with Crippen molar-refractivity contribution >= 4 is 11.8 Å². The zero-order valence-electron chi connectivity index (χ0n) is 13.3. The van der Waals surface area contributed by atoms with E-state index >= 15 is 0 Å². The lowest BCUT2D eigenvalue weighted by Crippen LogP contribution is -2.41. The second-order valence-electron chi connectivity index (χ2n) is 5.88. The molecular weight excluding hydrogens is 296 g/mol. The summed E-state index contributed by atoms with van der Waals surface area (Å²) in [5.74, 6) is -0.626. The Bertz CT molecular complexity index is 747. The fourth-order valence-corrected chi connectivity index (χ4v) is 2.91. The molecule has 8 nitrogen and oxygen atoms in total. The van der Waals surface area contributed by atoms with Gasteiger partial charge in [-0.25, -0.2) is 9.67 Å². The monoisotopic (exact) mass is 316 g/mol. The molecule has 122 valence electrons. The lowest BCUT2D eigenvalue weighted by atomic mass is 10.1. The molecule has 3 heterocycles. The van der Waals surface area contributed by atoms with Crippen LogP contribution in [0.4, 0.5) is 0 Å². The average molecular weight is 316 g/mol. The van der Waals surface area contributed by atoms with Crippen LogP contribution in [-0.2, 0) is 7.05 Å². The van der Waals surface area contributed by atoms with E-state index in [2.05, 4.69) is 10.1 Å². The molecule has 1 saturated heterocycles. The van der Waals surface area contributed by atoms with E-state index in [-0.39, 0.29) is 17.8 Å². The Morgan fingerprint density at radius 1 is 1.35 bits per heavy atom. The van der Waals surface area contributed by atoms with Crippen molar-refractivity contribution in [3.63, 3.8) is 0 Å². The molecule has 3 rings (SSSR count). The summed E-state index contributed by atoms with van der Waals surface area (Å²) in [6.45, 7) is 3.23. The Balaban J connectivity index is 1.76. The van der Waals surface area contributed by atoms with Crippen molar-refractivity contribution in [2.24, 2.45) is 12.8 Å². The lowest BCUT2D eigenvalue weighted by Gasteiger charge is -2.32. The summed E-state index contributed by atoms with van der Waals surface area (Å²) in [4.78, 5) is 29.6. The van der Waals surface area contributed by atoms with E-state index in [0.29, 0.717) is 12.2 Å². The van der Waals surface area contributed by atoms with Crippen molar-refractivity contribution in [2.75, 3.05) is 13.1 Å². The zero-order valence-corrected chi connectivity index (χ0v) is 13.3. The molecule has 0 spiro atoms. The molecule has 1 fully saturated rings. The van der Waals surface area contributed by atoms with Crippen LogP contribution in [0.25, 0.3) is 0 Å². The Kier molecular flexibility index (Phi) is 3.89. The largest absolute Gasteiger partial charge is 0.363 e. The van der Waals surface area contributed by atoms with Crippen LogP contribution in [0.2, 0.25) is 0 Å². The Morgan fingerprint density at radius 2 is 2.13 bits per heavy atom. The van der Waals surface area contributed by atoms with Gasteiger partial charge in [0, 0.05) is 25.8 Å². The maximum Gasteiger partial charge on any atom is 0.288 e. The molecule has 2 aromatic rings. The van der Waals surface area contributed by atoms with Crippen LogP contribution in [0, 0.1) is 6.92 Å². The highest BCUT2D eigenvalue weighted by Gasteiger charge is 2.27. The first-order valence-electron chi connectivity index (χ1n) is 7.60. The van der Waals surface area contributed by atoms with Crippen molar-refractivity contribution in [1.82, 2.24) is 24.2 Å².